The van der Waals surface area contributed by atoms with Crippen LogP contribution in [0.5, 0.6) is 0 Å². The van der Waals surface area contributed by atoms with E-state index in [2.05, 4.69) is 56.0 Å². The SMILES string of the molecule is Cn1c2c(c3cc(I)ccc31)CC(c1nc(=S)[nH][nH]1)CC2=O. The first-order valence-corrected chi connectivity index (χ1v) is 8.48. The molecule has 1 aromatic carbocycles. The number of Topliss-reactive ketones (excluding diaryl/α,β-unsaturated/α-hetero) is 1. The summed E-state index contributed by atoms with van der Waals surface area (Å²) in [5.74, 6) is 0.991. The van der Waals surface area contributed by atoms with Crippen LogP contribution in [0.3, 0.4) is 0 Å². The largest absolute Gasteiger partial charge is 0.341 e. The number of aromatic nitrogens is 4. The molecule has 2 heterocycles. The monoisotopic (exact) mass is 424 g/mol. The third-order valence-corrected chi connectivity index (χ3v) is 5.18. The Morgan fingerprint density at radius 2 is 2.18 bits per heavy atom. The Hall–Kier alpha value is -1.48. The molecule has 0 saturated carbocycles. The molecule has 1 atom stereocenters. The third-order valence-electron chi connectivity index (χ3n) is 4.32. The van der Waals surface area contributed by atoms with Crippen LogP contribution in [0.25, 0.3) is 10.9 Å². The van der Waals surface area contributed by atoms with E-state index >= 15 is 0 Å². The maximum atomic E-state index is 12.7. The number of aryl methyl sites for hydroxylation is 1. The van der Waals surface area contributed by atoms with E-state index in [0.717, 1.165) is 34.4 Å². The Labute approximate surface area is 145 Å². The molecular weight excluding hydrogens is 411 g/mol. The van der Waals surface area contributed by atoms with Crippen molar-refractivity contribution in [3.8, 4) is 0 Å². The number of hydrogen-bond acceptors (Lipinski definition) is 3. The molecular formula is C15H13IN4OS. The average molecular weight is 424 g/mol. The van der Waals surface area contributed by atoms with Gasteiger partial charge in [-0.1, -0.05) is 0 Å². The van der Waals surface area contributed by atoms with Crippen molar-refractivity contribution in [2.24, 2.45) is 7.05 Å². The van der Waals surface area contributed by atoms with Crippen LogP contribution >= 0.6 is 34.8 Å². The lowest BCUT2D eigenvalue weighted by Crippen LogP contribution is -2.21. The van der Waals surface area contributed by atoms with Gasteiger partial charge in [-0.15, -0.1) is 0 Å². The van der Waals surface area contributed by atoms with Gasteiger partial charge >= 0.3 is 0 Å². The number of rotatable bonds is 1. The van der Waals surface area contributed by atoms with Crippen LogP contribution in [0, 0.1) is 8.34 Å². The number of benzene rings is 1. The van der Waals surface area contributed by atoms with E-state index in [4.69, 9.17) is 12.2 Å². The van der Waals surface area contributed by atoms with E-state index in [9.17, 15) is 4.79 Å². The zero-order valence-electron chi connectivity index (χ0n) is 11.8. The minimum absolute atomic E-state index is 0.0522. The quantitative estimate of drug-likeness (QED) is 0.465. The second-order valence-electron chi connectivity index (χ2n) is 5.63. The van der Waals surface area contributed by atoms with Gasteiger partial charge in [-0.3, -0.25) is 15.0 Å². The molecule has 5 nitrogen and oxygen atoms in total. The molecule has 3 aromatic rings. The van der Waals surface area contributed by atoms with Crippen molar-refractivity contribution in [1.82, 2.24) is 19.7 Å². The van der Waals surface area contributed by atoms with Crippen LogP contribution in [0.15, 0.2) is 18.2 Å². The van der Waals surface area contributed by atoms with Crippen molar-refractivity contribution in [2.75, 3.05) is 0 Å². The number of carbonyl (C=O) groups is 1. The first kappa shape index (κ1) is 14.1. The minimum atomic E-state index is 0.0522. The van der Waals surface area contributed by atoms with E-state index < -0.39 is 0 Å². The summed E-state index contributed by atoms with van der Waals surface area (Å²) in [7, 11) is 1.97. The maximum Gasteiger partial charge on any atom is 0.213 e. The Morgan fingerprint density at radius 3 is 2.91 bits per heavy atom. The summed E-state index contributed by atoms with van der Waals surface area (Å²) in [4.78, 5) is 16.9. The number of nitrogens with zero attached hydrogens (tertiary/aromatic N) is 2. The molecule has 112 valence electrons. The highest BCUT2D eigenvalue weighted by atomic mass is 127. The van der Waals surface area contributed by atoms with Crippen LogP contribution in [-0.4, -0.2) is 25.5 Å². The highest BCUT2D eigenvalue weighted by molar-refractivity contribution is 14.1. The molecule has 2 N–H and O–H groups in total. The number of halogens is 1. The highest BCUT2D eigenvalue weighted by Gasteiger charge is 2.32. The fraction of sp³-hybridized carbons (Fsp3) is 0.267. The van der Waals surface area contributed by atoms with Gasteiger partial charge in [0, 0.05) is 33.9 Å². The summed E-state index contributed by atoms with van der Waals surface area (Å²) in [5.41, 5.74) is 3.07. The lowest BCUT2D eigenvalue weighted by Gasteiger charge is -2.20. The summed E-state index contributed by atoms with van der Waals surface area (Å²) in [6, 6.07) is 6.30. The van der Waals surface area contributed by atoms with Crippen LogP contribution in [0.2, 0.25) is 0 Å². The Morgan fingerprint density at radius 1 is 1.36 bits per heavy atom. The molecule has 0 radical (unpaired) electrons. The molecule has 2 aromatic heterocycles. The number of nitrogens with one attached hydrogen (secondary N) is 2. The molecule has 0 fully saturated rings. The molecule has 1 aliphatic carbocycles. The highest BCUT2D eigenvalue weighted by Crippen LogP contribution is 2.37. The van der Waals surface area contributed by atoms with E-state index in [1.165, 1.54) is 3.57 Å². The minimum Gasteiger partial charge on any atom is -0.341 e. The van der Waals surface area contributed by atoms with Crippen molar-refractivity contribution >= 4 is 51.5 Å². The topological polar surface area (TPSA) is 66.5 Å². The molecule has 0 spiro atoms. The molecule has 4 rings (SSSR count). The maximum absolute atomic E-state index is 12.7. The normalized spacial score (nSPS) is 17.9. The summed E-state index contributed by atoms with van der Waals surface area (Å²) < 4.78 is 3.62. The lowest BCUT2D eigenvalue weighted by molar-refractivity contribution is 0.0955. The fourth-order valence-corrected chi connectivity index (χ4v) is 4.00. The predicted molar refractivity (Wildman–Crippen MR) is 94.8 cm³/mol. The molecule has 22 heavy (non-hydrogen) atoms. The average Bonchev–Trinajstić information content (AvgIpc) is 3.02. The molecule has 0 amide bonds. The Kier molecular flexibility index (Phi) is 3.23. The molecule has 0 bridgehead atoms. The number of ketones is 1. The van der Waals surface area contributed by atoms with Gasteiger partial charge < -0.3 is 4.57 Å². The zero-order valence-corrected chi connectivity index (χ0v) is 14.8. The summed E-state index contributed by atoms with van der Waals surface area (Å²) in [6.07, 6.45) is 1.26. The van der Waals surface area contributed by atoms with Crippen LogP contribution < -0.4 is 0 Å². The van der Waals surface area contributed by atoms with Gasteiger partial charge in [0.25, 0.3) is 0 Å². The van der Waals surface area contributed by atoms with E-state index in [1.54, 1.807) is 0 Å². The first-order chi connectivity index (χ1) is 10.5. The lowest BCUT2D eigenvalue weighted by atomic mass is 9.85. The Bertz CT molecular complexity index is 968. The summed E-state index contributed by atoms with van der Waals surface area (Å²) in [5, 5.41) is 6.97. The Balaban J connectivity index is 1.91. The van der Waals surface area contributed by atoms with Crippen molar-refractivity contribution < 1.29 is 4.79 Å². The standard InChI is InChI=1S/C15H13IN4OS/c1-20-11-3-2-8(16)6-9(11)10-4-7(5-12(21)13(10)20)14-17-15(22)19-18-14/h2-3,6-7H,4-5H2,1H3,(H2,17,18,19,22). The molecule has 1 aliphatic rings. The van der Waals surface area contributed by atoms with Crippen molar-refractivity contribution in [1.29, 1.82) is 0 Å². The van der Waals surface area contributed by atoms with Gasteiger partial charge in [0.15, 0.2) is 5.78 Å². The van der Waals surface area contributed by atoms with Gasteiger partial charge in [0.2, 0.25) is 4.77 Å². The molecule has 0 saturated heterocycles. The van der Waals surface area contributed by atoms with Crippen LogP contribution in [0.1, 0.15) is 34.2 Å². The fourth-order valence-electron chi connectivity index (χ4n) is 3.36. The smallest absolute Gasteiger partial charge is 0.213 e. The predicted octanol–water partition coefficient (Wildman–Crippen LogP) is 3.48. The second kappa shape index (κ2) is 5.02. The number of hydrogen-bond donors (Lipinski definition) is 2. The van der Waals surface area contributed by atoms with Crippen molar-refractivity contribution in [3.05, 3.63) is 43.6 Å². The van der Waals surface area contributed by atoms with Gasteiger partial charge in [-0.05, 0) is 65.0 Å². The summed E-state index contributed by atoms with van der Waals surface area (Å²) >= 11 is 7.33. The molecule has 1 unspecified atom stereocenters. The number of fused-ring (bicyclic) bond motifs is 3. The van der Waals surface area contributed by atoms with Crippen LogP contribution in [0.4, 0.5) is 0 Å². The van der Waals surface area contributed by atoms with Crippen LogP contribution in [-0.2, 0) is 13.5 Å². The van der Waals surface area contributed by atoms with E-state index in [-0.39, 0.29) is 11.7 Å². The molecule has 7 heteroatoms. The van der Waals surface area contributed by atoms with Crippen molar-refractivity contribution in [3.63, 3.8) is 0 Å². The van der Waals surface area contributed by atoms with E-state index in [0.29, 0.717) is 11.2 Å². The van der Waals surface area contributed by atoms with Gasteiger partial charge in [-0.2, -0.15) is 0 Å². The number of carbonyl (C=O) groups excluding carboxylic acids is 1. The zero-order chi connectivity index (χ0) is 15.4. The van der Waals surface area contributed by atoms with Crippen molar-refractivity contribution in [2.45, 2.75) is 18.8 Å². The van der Waals surface area contributed by atoms with Gasteiger partial charge in [0.05, 0.1) is 5.69 Å². The number of H-pyrrole nitrogens is 2. The first-order valence-electron chi connectivity index (χ1n) is 6.99. The summed E-state index contributed by atoms with van der Waals surface area (Å²) in [6.45, 7) is 0. The van der Waals surface area contributed by atoms with Gasteiger partial charge in [0.1, 0.15) is 5.82 Å². The molecule has 0 aliphatic heterocycles. The van der Waals surface area contributed by atoms with Gasteiger partial charge in [-0.25, -0.2) is 4.98 Å². The van der Waals surface area contributed by atoms with E-state index in [1.807, 2.05) is 11.6 Å². The second-order valence-corrected chi connectivity index (χ2v) is 7.26. The number of aromatic amines is 2. The third kappa shape index (κ3) is 2.06.